The summed E-state index contributed by atoms with van der Waals surface area (Å²) in [6, 6.07) is 0. The van der Waals surface area contributed by atoms with Crippen LogP contribution in [0.5, 0.6) is 0 Å². The molecular formula is C32H62O4. The monoisotopic (exact) mass is 510 g/mol. The minimum atomic E-state index is -0.724. The van der Waals surface area contributed by atoms with Gasteiger partial charge in [0.2, 0.25) is 0 Å². The molecule has 0 saturated carbocycles. The van der Waals surface area contributed by atoms with Gasteiger partial charge in [0.1, 0.15) is 6.10 Å². The highest BCUT2D eigenvalue weighted by Crippen LogP contribution is 2.18. The van der Waals surface area contributed by atoms with Crippen LogP contribution in [0.3, 0.4) is 0 Å². The Morgan fingerprint density at radius 2 is 0.833 bits per heavy atom. The lowest BCUT2D eigenvalue weighted by molar-refractivity contribution is -0.150. The summed E-state index contributed by atoms with van der Waals surface area (Å²) in [6.07, 6.45) is 31.1. The van der Waals surface area contributed by atoms with Crippen molar-refractivity contribution in [3.63, 3.8) is 0 Å². The number of aliphatic carboxylic acids is 1. The van der Waals surface area contributed by atoms with Gasteiger partial charge in [-0.25, -0.2) is 0 Å². The fraction of sp³-hybridized carbons (Fsp3) is 0.938. The van der Waals surface area contributed by atoms with Crippen LogP contribution >= 0.6 is 0 Å². The lowest BCUT2D eigenvalue weighted by Crippen LogP contribution is -2.18. The second kappa shape index (κ2) is 28.5. The van der Waals surface area contributed by atoms with Gasteiger partial charge in [0, 0.05) is 12.8 Å². The van der Waals surface area contributed by atoms with Gasteiger partial charge >= 0.3 is 11.9 Å². The van der Waals surface area contributed by atoms with Crippen molar-refractivity contribution in [3.05, 3.63) is 0 Å². The molecule has 0 heterocycles. The van der Waals surface area contributed by atoms with E-state index < -0.39 is 5.97 Å². The van der Waals surface area contributed by atoms with Crippen molar-refractivity contribution in [1.82, 2.24) is 0 Å². The molecule has 1 unspecified atom stereocenters. The molecule has 0 aliphatic heterocycles. The van der Waals surface area contributed by atoms with Crippen LogP contribution in [0, 0.1) is 0 Å². The van der Waals surface area contributed by atoms with Crippen molar-refractivity contribution >= 4 is 11.9 Å². The molecule has 0 spiro atoms. The van der Waals surface area contributed by atoms with E-state index in [0.29, 0.717) is 12.8 Å². The number of hydrogen-bond acceptors (Lipinski definition) is 3. The van der Waals surface area contributed by atoms with Crippen molar-refractivity contribution in [3.8, 4) is 0 Å². The summed E-state index contributed by atoms with van der Waals surface area (Å²) in [7, 11) is 0. The van der Waals surface area contributed by atoms with Crippen molar-refractivity contribution in [1.29, 1.82) is 0 Å². The molecule has 1 atom stereocenters. The Hall–Kier alpha value is -1.06. The van der Waals surface area contributed by atoms with Gasteiger partial charge in [-0.05, 0) is 38.5 Å². The second-order valence-corrected chi connectivity index (χ2v) is 11.0. The topological polar surface area (TPSA) is 63.6 Å². The van der Waals surface area contributed by atoms with Gasteiger partial charge in [0.25, 0.3) is 0 Å². The highest BCUT2D eigenvalue weighted by Gasteiger charge is 2.14. The molecule has 4 nitrogen and oxygen atoms in total. The van der Waals surface area contributed by atoms with Gasteiger partial charge in [-0.2, -0.15) is 0 Å². The molecule has 0 radical (unpaired) electrons. The highest BCUT2D eigenvalue weighted by molar-refractivity contribution is 5.69. The van der Waals surface area contributed by atoms with Gasteiger partial charge in [0.15, 0.2) is 0 Å². The summed E-state index contributed by atoms with van der Waals surface area (Å²) in [5, 5.41) is 8.80. The fourth-order valence-corrected chi connectivity index (χ4v) is 4.95. The van der Waals surface area contributed by atoms with Crippen LogP contribution in [0.1, 0.15) is 187 Å². The van der Waals surface area contributed by atoms with E-state index >= 15 is 0 Å². The number of unbranched alkanes of at least 4 members (excludes halogenated alkanes) is 20. The van der Waals surface area contributed by atoms with E-state index in [1.807, 2.05) is 0 Å². The van der Waals surface area contributed by atoms with Gasteiger partial charge < -0.3 is 9.84 Å². The van der Waals surface area contributed by atoms with Crippen LogP contribution in [0.25, 0.3) is 0 Å². The van der Waals surface area contributed by atoms with Crippen LogP contribution in [0.4, 0.5) is 0 Å². The van der Waals surface area contributed by atoms with Gasteiger partial charge in [-0.1, -0.05) is 136 Å². The number of carboxylic acid groups (broad SMARTS) is 1. The average Bonchev–Trinajstić information content (AvgIpc) is 2.85. The number of ether oxygens (including phenoxy) is 1. The summed E-state index contributed by atoms with van der Waals surface area (Å²) in [5.41, 5.74) is 0. The van der Waals surface area contributed by atoms with E-state index in [0.717, 1.165) is 44.9 Å². The molecule has 0 rings (SSSR count). The third kappa shape index (κ3) is 27.5. The van der Waals surface area contributed by atoms with Crippen LogP contribution in [0.2, 0.25) is 0 Å². The first-order chi connectivity index (χ1) is 17.6. The first kappa shape index (κ1) is 34.9. The van der Waals surface area contributed by atoms with E-state index in [-0.39, 0.29) is 18.5 Å². The zero-order valence-electron chi connectivity index (χ0n) is 24.3. The third-order valence-electron chi connectivity index (χ3n) is 7.33. The maximum atomic E-state index is 12.4. The lowest BCUT2D eigenvalue weighted by Gasteiger charge is -2.18. The van der Waals surface area contributed by atoms with Crippen molar-refractivity contribution in [2.24, 2.45) is 0 Å². The largest absolute Gasteiger partial charge is 0.481 e. The fourth-order valence-electron chi connectivity index (χ4n) is 4.95. The Balaban J connectivity index is 3.83. The normalized spacial score (nSPS) is 12.1. The summed E-state index contributed by atoms with van der Waals surface area (Å²) in [5.74, 6) is -0.756. The molecule has 0 fully saturated rings. The molecule has 0 aliphatic carbocycles. The summed E-state index contributed by atoms with van der Waals surface area (Å²) < 4.78 is 5.86. The Bertz CT molecular complexity index is 477. The van der Waals surface area contributed by atoms with Crippen LogP contribution in [0.15, 0.2) is 0 Å². The van der Waals surface area contributed by atoms with Crippen LogP contribution < -0.4 is 0 Å². The van der Waals surface area contributed by atoms with E-state index in [4.69, 9.17) is 9.84 Å². The van der Waals surface area contributed by atoms with Crippen molar-refractivity contribution < 1.29 is 19.4 Å². The predicted octanol–water partition coefficient (Wildman–Crippen LogP) is 10.6. The Kier molecular flexibility index (Phi) is 27.7. The van der Waals surface area contributed by atoms with E-state index in [1.54, 1.807) is 0 Å². The van der Waals surface area contributed by atoms with Crippen molar-refractivity contribution in [2.75, 3.05) is 0 Å². The minimum Gasteiger partial charge on any atom is -0.481 e. The number of hydrogen-bond donors (Lipinski definition) is 1. The zero-order valence-corrected chi connectivity index (χ0v) is 24.3. The molecule has 0 aromatic heterocycles. The van der Waals surface area contributed by atoms with Crippen LogP contribution in [-0.4, -0.2) is 23.1 Å². The van der Waals surface area contributed by atoms with Gasteiger partial charge in [-0.3, -0.25) is 9.59 Å². The SMILES string of the molecule is CCCCCCCCCCCCCCCCC(=O)OC(CCCCCCCC)CCCCCC(=O)O. The third-order valence-corrected chi connectivity index (χ3v) is 7.33. The molecule has 1 N–H and O–H groups in total. The second-order valence-electron chi connectivity index (χ2n) is 11.0. The van der Waals surface area contributed by atoms with E-state index in [2.05, 4.69) is 13.8 Å². The molecule has 0 bridgehead atoms. The molecule has 36 heavy (non-hydrogen) atoms. The number of carbonyl (C=O) groups is 2. The van der Waals surface area contributed by atoms with Gasteiger partial charge in [-0.15, -0.1) is 0 Å². The highest BCUT2D eigenvalue weighted by atomic mass is 16.5. The smallest absolute Gasteiger partial charge is 0.306 e. The Labute approximate surface area is 224 Å². The van der Waals surface area contributed by atoms with E-state index in [9.17, 15) is 9.59 Å². The molecular weight excluding hydrogens is 448 g/mol. The number of esters is 1. The standard InChI is InChI=1S/C32H62O4/c1-3-5-7-9-11-12-13-14-15-16-17-18-20-25-29-32(35)36-30(26-22-19-10-8-6-4-2)27-23-21-24-28-31(33)34/h30H,3-29H2,1-2H3,(H,33,34). The summed E-state index contributed by atoms with van der Waals surface area (Å²) in [4.78, 5) is 23.1. The molecule has 214 valence electrons. The van der Waals surface area contributed by atoms with Gasteiger partial charge in [0.05, 0.1) is 0 Å². The Morgan fingerprint density at radius 3 is 1.25 bits per heavy atom. The van der Waals surface area contributed by atoms with Crippen LogP contribution in [-0.2, 0) is 14.3 Å². The zero-order chi connectivity index (χ0) is 26.5. The molecule has 0 aromatic rings. The lowest BCUT2D eigenvalue weighted by atomic mass is 10.0. The first-order valence-electron chi connectivity index (χ1n) is 16.0. The van der Waals surface area contributed by atoms with Crippen molar-refractivity contribution in [2.45, 2.75) is 193 Å². The number of rotatable bonds is 29. The number of carboxylic acids is 1. The predicted molar refractivity (Wildman–Crippen MR) is 154 cm³/mol. The molecule has 4 heteroatoms. The minimum absolute atomic E-state index is 0.0140. The maximum absolute atomic E-state index is 12.4. The first-order valence-corrected chi connectivity index (χ1v) is 16.0. The Morgan fingerprint density at radius 1 is 0.500 bits per heavy atom. The molecule has 0 aromatic carbocycles. The van der Waals surface area contributed by atoms with E-state index in [1.165, 1.54) is 109 Å². The average molecular weight is 511 g/mol. The number of carbonyl (C=O) groups excluding carboxylic acids is 1. The molecule has 0 aliphatic rings. The summed E-state index contributed by atoms with van der Waals surface area (Å²) >= 11 is 0. The molecule has 0 saturated heterocycles. The molecule has 0 amide bonds. The maximum Gasteiger partial charge on any atom is 0.306 e. The quantitative estimate of drug-likeness (QED) is 0.0802. The summed E-state index contributed by atoms with van der Waals surface area (Å²) in [6.45, 7) is 4.51.